The van der Waals surface area contributed by atoms with E-state index >= 15 is 0 Å². The molecule has 1 aliphatic heterocycles. The van der Waals surface area contributed by atoms with Crippen LogP contribution >= 0.6 is 0 Å². The third-order valence-electron chi connectivity index (χ3n) is 3.93. The second-order valence-corrected chi connectivity index (χ2v) is 7.64. The van der Waals surface area contributed by atoms with E-state index in [9.17, 15) is 13.2 Å². The predicted octanol–water partition coefficient (Wildman–Crippen LogP) is 1.53. The molecule has 7 heteroatoms. The minimum absolute atomic E-state index is 0.0611. The van der Waals surface area contributed by atoms with Crippen molar-refractivity contribution >= 4 is 21.6 Å². The Balaban J connectivity index is 1.74. The van der Waals surface area contributed by atoms with Gasteiger partial charge in [0.05, 0.1) is 18.4 Å². The minimum atomic E-state index is -3.13. The van der Waals surface area contributed by atoms with Crippen LogP contribution in [0, 0.1) is 0 Å². The van der Waals surface area contributed by atoms with E-state index in [-0.39, 0.29) is 17.7 Å². The fraction of sp³-hybridized carbons (Fsp3) is 0.562. The predicted molar refractivity (Wildman–Crippen MR) is 89.8 cm³/mol. The molecule has 1 aromatic carbocycles. The summed E-state index contributed by atoms with van der Waals surface area (Å²) in [5.74, 6) is 0.246. The molecule has 128 valence electrons. The van der Waals surface area contributed by atoms with Crippen molar-refractivity contribution in [3.8, 4) is 0 Å². The number of rotatable bonds is 9. The van der Waals surface area contributed by atoms with Crippen molar-refractivity contribution in [1.29, 1.82) is 0 Å². The van der Waals surface area contributed by atoms with E-state index in [1.54, 1.807) is 0 Å². The lowest BCUT2D eigenvalue weighted by Crippen LogP contribution is -2.36. The van der Waals surface area contributed by atoms with Gasteiger partial charge >= 0.3 is 0 Å². The highest BCUT2D eigenvalue weighted by atomic mass is 32.2. The molecule has 0 spiro atoms. The van der Waals surface area contributed by atoms with E-state index < -0.39 is 10.0 Å². The molecule has 0 unspecified atom stereocenters. The molecule has 1 saturated heterocycles. The van der Waals surface area contributed by atoms with Crippen LogP contribution in [0.1, 0.15) is 25.7 Å². The summed E-state index contributed by atoms with van der Waals surface area (Å²) in [5.41, 5.74) is 0.906. The number of nitrogens with zero attached hydrogens (tertiary/aromatic N) is 1. The Kier molecular flexibility index (Phi) is 6.56. The Morgan fingerprint density at radius 1 is 1.26 bits per heavy atom. The first kappa shape index (κ1) is 17.9. The van der Waals surface area contributed by atoms with Gasteiger partial charge < -0.3 is 9.64 Å². The fourth-order valence-corrected chi connectivity index (χ4v) is 3.45. The van der Waals surface area contributed by atoms with E-state index in [4.69, 9.17) is 4.74 Å². The standard InChI is InChI=1S/C16H24N2O4S/c1-17-23(20,21)12-6-5-11-22-13-15-9-10-16(19)18(15)14-7-3-2-4-8-14/h2-4,7-8,15,17H,5-6,9-13H2,1H3/t15-/m0/s1. The van der Waals surface area contributed by atoms with Crippen LogP contribution in [-0.4, -0.2) is 46.4 Å². The monoisotopic (exact) mass is 340 g/mol. The number of carbonyl (C=O) groups excluding carboxylic acids is 1. The third-order valence-corrected chi connectivity index (χ3v) is 5.38. The Labute approximate surface area is 137 Å². The summed E-state index contributed by atoms with van der Waals surface area (Å²) in [4.78, 5) is 13.9. The van der Waals surface area contributed by atoms with Crippen molar-refractivity contribution in [2.75, 3.05) is 30.9 Å². The molecule has 0 aromatic heterocycles. The van der Waals surface area contributed by atoms with Crippen molar-refractivity contribution in [2.24, 2.45) is 0 Å². The highest BCUT2D eigenvalue weighted by Crippen LogP contribution is 2.26. The van der Waals surface area contributed by atoms with Gasteiger partial charge in [0.25, 0.3) is 0 Å². The summed E-state index contributed by atoms with van der Waals surface area (Å²) >= 11 is 0. The number of anilines is 1. The molecule has 1 fully saturated rings. The van der Waals surface area contributed by atoms with Crippen LogP contribution < -0.4 is 9.62 Å². The van der Waals surface area contributed by atoms with Crippen molar-refractivity contribution in [2.45, 2.75) is 31.7 Å². The molecule has 2 rings (SSSR count). The molecule has 1 N–H and O–H groups in total. The molecule has 1 aliphatic rings. The van der Waals surface area contributed by atoms with Gasteiger partial charge in [-0.1, -0.05) is 18.2 Å². The first-order valence-corrected chi connectivity index (χ1v) is 9.55. The zero-order chi connectivity index (χ0) is 16.7. The van der Waals surface area contributed by atoms with Crippen molar-refractivity contribution in [3.05, 3.63) is 30.3 Å². The Morgan fingerprint density at radius 2 is 2.00 bits per heavy atom. The van der Waals surface area contributed by atoms with Crippen LogP contribution in [-0.2, 0) is 19.6 Å². The summed E-state index contributed by atoms with van der Waals surface area (Å²) in [7, 11) is -1.72. The summed E-state index contributed by atoms with van der Waals surface area (Å²) in [6.07, 6.45) is 2.59. The van der Waals surface area contributed by atoms with E-state index in [0.29, 0.717) is 32.5 Å². The normalized spacial score (nSPS) is 18.6. The lowest BCUT2D eigenvalue weighted by atomic mass is 10.2. The topological polar surface area (TPSA) is 75.7 Å². The van der Waals surface area contributed by atoms with E-state index in [0.717, 1.165) is 12.1 Å². The molecule has 1 heterocycles. The molecule has 6 nitrogen and oxygen atoms in total. The molecular weight excluding hydrogens is 316 g/mol. The summed E-state index contributed by atoms with van der Waals surface area (Å²) in [6, 6.07) is 9.68. The first-order chi connectivity index (χ1) is 11.0. The van der Waals surface area contributed by atoms with Gasteiger partial charge in [0, 0.05) is 18.7 Å². The van der Waals surface area contributed by atoms with Gasteiger partial charge in [-0.25, -0.2) is 13.1 Å². The summed E-state index contributed by atoms with van der Waals surface area (Å²) in [6.45, 7) is 0.992. The zero-order valence-electron chi connectivity index (χ0n) is 13.4. The molecule has 1 aromatic rings. The van der Waals surface area contributed by atoms with Crippen LogP contribution in [0.15, 0.2) is 30.3 Å². The van der Waals surface area contributed by atoms with Gasteiger partial charge in [-0.15, -0.1) is 0 Å². The van der Waals surface area contributed by atoms with Crippen LogP contribution in [0.5, 0.6) is 0 Å². The fourth-order valence-electron chi connectivity index (χ4n) is 2.66. The highest BCUT2D eigenvalue weighted by Gasteiger charge is 2.31. The smallest absolute Gasteiger partial charge is 0.227 e. The maximum Gasteiger partial charge on any atom is 0.227 e. The number of nitrogens with one attached hydrogen (secondary N) is 1. The van der Waals surface area contributed by atoms with Crippen LogP contribution in [0.25, 0.3) is 0 Å². The average molecular weight is 340 g/mol. The Bertz CT molecular complexity index is 604. The second-order valence-electron chi connectivity index (χ2n) is 5.60. The first-order valence-electron chi connectivity index (χ1n) is 7.89. The van der Waals surface area contributed by atoms with Gasteiger partial charge in [-0.2, -0.15) is 0 Å². The quantitative estimate of drug-likeness (QED) is 0.692. The van der Waals surface area contributed by atoms with Crippen LogP contribution in [0.3, 0.4) is 0 Å². The highest BCUT2D eigenvalue weighted by molar-refractivity contribution is 7.89. The molecule has 1 atom stereocenters. The van der Waals surface area contributed by atoms with Crippen molar-refractivity contribution in [3.63, 3.8) is 0 Å². The van der Waals surface area contributed by atoms with Crippen molar-refractivity contribution < 1.29 is 17.9 Å². The van der Waals surface area contributed by atoms with Gasteiger partial charge in [0.15, 0.2) is 0 Å². The maximum absolute atomic E-state index is 12.1. The summed E-state index contributed by atoms with van der Waals surface area (Å²) < 4.78 is 30.5. The van der Waals surface area contributed by atoms with E-state index in [1.807, 2.05) is 35.2 Å². The number of benzene rings is 1. The summed E-state index contributed by atoms with van der Waals surface area (Å²) in [5, 5.41) is 0. The number of carbonyl (C=O) groups is 1. The number of sulfonamides is 1. The average Bonchev–Trinajstić information content (AvgIpc) is 2.92. The van der Waals surface area contributed by atoms with Crippen LogP contribution in [0.4, 0.5) is 5.69 Å². The van der Waals surface area contributed by atoms with Gasteiger partial charge in [-0.3, -0.25) is 4.79 Å². The minimum Gasteiger partial charge on any atom is -0.379 e. The largest absolute Gasteiger partial charge is 0.379 e. The van der Waals surface area contributed by atoms with E-state index in [1.165, 1.54) is 7.05 Å². The number of unbranched alkanes of at least 4 members (excludes halogenated alkanes) is 1. The Hall–Kier alpha value is -1.44. The molecule has 0 aliphatic carbocycles. The molecular formula is C16H24N2O4S. The zero-order valence-corrected chi connectivity index (χ0v) is 14.2. The SMILES string of the molecule is CNS(=O)(=O)CCCCOC[C@@H]1CCC(=O)N1c1ccccc1. The van der Waals surface area contributed by atoms with E-state index in [2.05, 4.69) is 4.72 Å². The van der Waals surface area contributed by atoms with Crippen molar-refractivity contribution in [1.82, 2.24) is 4.72 Å². The number of hydrogen-bond donors (Lipinski definition) is 1. The Morgan fingerprint density at radius 3 is 2.70 bits per heavy atom. The van der Waals surface area contributed by atoms with Gasteiger partial charge in [-0.05, 0) is 38.4 Å². The number of para-hydroxylation sites is 1. The number of hydrogen-bond acceptors (Lipinski definition) is 4. The lowest BCUT2D eigenvalue weighted by molar-refractivity contribution is -0.117. The number of ether oxygens (including phenoxy) is 1. The number of amides is 1. The lowest BCUT2D eigenvalue weighted by Gasteiger charge is -2.24. The molecule has 23 heavy (non-hydrogen) atoms. The molecule has 0 bridgehead atoms. The van der Waals surface area contributed by atoms with Crippen LogP contribution in [0.2, 0.25) is 0 Å². The molecule has 1 amide bonds. The van der Waals surface area contributed by atoms with Gasteiger partial charge in [0.1, 0.15) is 0 Å². The molecule has 0 radical (unpaired) electrons. The van der Waals surface area contributed by atoms with Gasteiger partial charge in [0.2, 0.25) is 15.9 Å². The third kappa shape index (κ3) is 5.30. The second kappa shape index (κ2) is 8.42. The maximum atomic E-state index is 12.1. The molecule has 0 saturated carbocycles.